The van der Waals surface area contributed by atoms with Gasteiger partial charge in [-0.1, -0.05) is 13.3 Å². The Labute approximate surface area is 148 Å². The van der Waals surface area contributed by atoms with Crippen LogP contribution < -0.4 is 10.6 Å². The number of rotatable bonds is 7. The Hall–Kier alpha value is -0.250. The molecule has 1 fully saturated rings. The zero-order valence-corrected chi connectivity index (χ0v) is 15.9. The van der Waals surface area contributed by atoms with Crippen molar-refractivity contribution in [3.05, 3.63) is 0 Å². The Balaban J connectivity index is 0.00000441. The molecule has 1 aliphatic carbocycles. The molecule has 0 bridgehead atoms. The summed E-state index contributed by atoms with van der Waals surface area (Å²) in [5.41, 5.74) is 0.380. The van der Waals surface area contributed by atoms with Crippen LogP contribution in [0.3, 0.4) is 0 Å². The van der Waals surface area contributed by atoms with E-state index in [0.717, 1.165) is 13.0 Å². The number of likely N-dealkylation sites (N-methyl/N-ethyl adjacent to an activating group) is 1. The second-order valence-electron chi connectivity index (χ2n) is 5.91. The molecule has 0 heterocycles. The minimum atomic E-state index is -4.15. The summed E-state index contributed by atoms with van der Waals surface area (Å²) in [6, 6.07) is 0. The second kappa shape index (κ2) is 9.79. The number of hydrogen-bond acceptors (Lipinski definition) is 2. The van der Waals surface area contributed by atoms with E-state index in [1.807, 2.05) is 0 Å². The summed E-state index contributed by atoms with van der Waals surface area (Å²) >= 11 is 0. The Morgan fingerprint density at radius 3 is 2.32 bits per heavy atom. The van der Waals surface area contributed by atoms with Crippen LogP contribution in [-0.4, -0.2) is 57.3 Å². The van der Waals surface area contributed by atoms with Crippen LogP contribution in [0.5, 0.6) is 0 Å². The SMILES string of the molecule is CCC1(CNC(=NC)NCCN(C)CC(F)(F)F)CCC1.I. The van der Waals surface area contributed by atoms with Crippen LogP contribution in [0.4, 0.5) is 13.2 Å². The van der Waals surface area contributed by atoms with Crippen molar-refractivity contribution in [2.75, 3.05) is 40.3 Å². The first-order valence-corrected chi connectivity index (χ1v) is 7.50. The van der Waals surface area contributed by atoms with Crippen LogP contribution >= 0.6 is 24.0 Å². The van der Waals surface area contributed by atoms with Crippen LogP contribution in [0.25, 0.3) is 0 Å². The van der Waals surface area contributed by atoms with Gasteiger partial charge < -0.3 is 10.6 Å². The molecule has 22 heavy (non-hydrogen) atoms. The van der Waals surface area contributed by atoms with Gasteiger partial charge in [-0.3, -0.25) is 9.89 Å². The van der Waals surface area contributed by atoms with Crippen molar-refractivity contribution in [2.45, 2.75) is 38.8 Å². The maximum Gasteiger partial charge on any atom is 0.401 e. The maximum atomic E-state index is 12.2. The highest BCUT2D eigenvalue weighted by atomic mass is 127. The molecule has 0 amide bonds. The van der Waals surface area contributed by atoms with E-state index in [1.165, 1.54) is 31.2 Å². The van der Waals surface area contributed by atoms with Gasteiger partial charge >= 0.3 is 6.18 Å². The lowest BCUT2D eigenvalue weighted by Gasteiger charge is -2.41. The lowest BCUT2D eigenvalue weighted by atomic mass is 9.67. The lowest BCUT2D eigenvalue weighted by Crippen LogP contribution is -2.47. The van der Waals surface area contributed by atoms with E-state index < -0.39 is 12.7 Å². The standard InChI is InChI=1S/C14H27F3N4.HI/c1-4-13(6-5-7-13)10-20-12(18-2)19-8-9-21(3)11-14(15,16)17;/h4-11H2,1-3H3,(H2,18,19,20);1H. The predicted octanol–water partition coefficient (Wildman–Crippen LogP) is 2.84. The third kappa shape index (κ3) is 7.85. The zero-order chi connectivity index (χ0) is 15.9. The number of halogens is 4. The fourth-order valence-electron chi connectivity index (χ4n) is 2.57. The van der Waals surface area contributed by atoms with Crippen molar-refractivity contribution < 1.29 is 13.2 Å². The summed E-state index contributed by atoms with van der Waals surface area (Å²) in [7, 11) is 3.14. The third-order valence-electron chi connectivity index (χ3n) is 4.25. The first kappa shape index (κ1) is 21.8. The van der Waals surface area contributed by atoms with Gasteiger partial charge in [-0.25, -0.2) is 0 Å². The highest BCUT2D eigenvalue weighted by molar-refractivity contribution is 14.0. The Kier molecular flexibility index (Phi) is 9.68. The quantitative estimate of drug-likeness (QED) is 0.367. The van der Waals surface area contributed by atoms with Crippen LogP contribution in [0.2, 0.25) is 0 Å². The molecule has 0 atom stereocenters. The monoisotopic (exact) mass is 436 g/mol. The molecule has 0 aliphatic heterocycles. The topological polar surface area (TPSA) is 39.7 Å². The van der Waals surface area contributed by atoms with Gasteiger partial charge in [0.2, 0.25) is 0 Å². The number of hydrogen-bond donors (Lipinski definition) is 2. The number of guanidine groups is 1. The average Bonchev–Trinajstić information content (AvgIpc) is 2.33. The maximum absolute atomic E-state index is 12.2. The first-order valence-electron chi connectivity index (χ1n) is 7.50. The van der Waals surface area contributed by atoms with E-state index in [4.69, 9.17) is 0 Å². The smallest absolute Gasteiger partial charge is 0.356 e. The molecule has 2 N–H and O–H groups in total. The molecule has 4 nitrogen and oxygen atoms in total. The normalized spacial score (nSPS) is 17.7. The van der Waals surface area contributed by atoms with Crippen LogP contribution in [0, 0.1) is 5.41 Å². The van der Waals surface area contributed by atoms with Gasteiger partial charge in [0.05, 0.1) is 6.54 Å². The minimum absolute atomic E-state index is 0. The van der Waals surface area contributed by atoms with Crippen LogP contribution in [0.1, 0.15) is 32.6 Å². The zero-order valence-electron chi connectivity index (χ0n) is 13.6. The molecule has 132 valence electrons. The third-order valence-corrected chi connectivity index (χ3v) is 4.25. The van der Waals surface area contributed by atoms with E-state index in [0.29, 0.717) is 24.5 Å². The molecule has 0 aromatic heterocycles. The van der Waals surface area contributed by atoms with Gasteiger partial charge in [0.1, 0.15) is 0 Å². The summed E-state index contributed by atoms with van der Waals surface area (Å²) in [5.74, 6) is 0.662. The van der Waals surface area contributed by atoms with E-state index in [2.05, 4.69) is 22.5 Å². The molecule has 0 saturated heterocycles. The van der Waals surface area contributed by atoms with E-state index in [-0.39, 0.29) is 24.0 Å². The first-order chi connectivity index (χ1) is 9.80. The summed E-state index contributed by atoms with van der Waals surface area (Å²) in [6.45, 7) is 2.94. The van der Waals surface area contributed by atoms with Crippen molar-refractivity contribution in [1.29, 1.82) is 0 Å². The van der Waals surface area contributed by atoms with Crippen molar-refractivity contribution in [3.63, 3.8) is 0 Å². The molecule has 1 aliphatic rings. The number of aliphatic imine (C=N–C) groups is 1. The van der Waals surface area contributed by atoms with Crippen molar-refractivity contribution >= 4 is 29.9 Å². The van der Waals surface area contributed by atoms with Gasteiger partial charge in [-0.15, -0.1) is 24.0 Å². The predicted molar refractivity (Wildman–Crippen MR) is 94.9 cm³/mol. The number of alkyl halides is 3. The highest BCUT2D eigenvalue weighted by Gasteiger charge is 2.34. The number of nitrogens with one attached hydrogen (secondary N) is 2. The number of nitrogens with zero attached hydrogens (tertiary/aromatic N) is 2. The molecule has 8 heteroatoms. The fraction of sp³-hybridized carbons (Fsp3) is 0.929. The van der Waals surface area contributed by atoms with Crippen LogP contribution in [0.15, 0.2) is 4.99 Å². The van der Waals surface area contributed by atoms with Crippen molar-refractivity contribution in [3.8, 4) is 0 Å². The van der Waals surface area contributed by atoms with Gasteiger partial charge in [0.25, 0.3) is 0 Å². The van der Waals surface area contributed by atoms with E-state index in [9.17, 15) is 13.2 Å². The molecule has 1 rings (SSSR count). The Morgan fingerprint density at radius 1 is 1.27 bits per heavy atom. The molecule has 0 aromatic carbocycles. The summed E-state index contributed by atoms with van der Waals surface area (Å²) in [6.07, 6.45) is 0.755. The van der Waals surface area contributed by atoms with Gasteiger partial charge in [0.15, 0.2) is 5.96 Å². The minimum Gasteiger partial charge on any atom is -0.356 e. The molecule has 0 radical (unpaired) electrons. The summed E-state index contributed by atoms with van der Waals surface area (Å²) in [4.78, 5) is 5.36. The lowest BCUT2D eigenvalue weighted by molar-refractivity contribution is -0.142. The van der Waals surface area contributed by atoms with Gasteiger partial charge in [-0.05, 0) is 31.7 Å². The molecular weight excluding hydrogens is 408 g/mol. The van der Waals surface area contributed by atoms with Crippen molar-refractivity contribution in [2.24, 2.45) is 10.4 Å². The Morgan fingerprint density at radius 2 is 1.91 bits per heavy atom. The van der Waals surface area contributed by atoms with Gasteiger partial charge in [0, 0.05) is 26.7 Å². The molecular formula is C14H28F3IN4. The van der Waals surface area contributed by atoms with E-state index in [1.54, 1.807) is 7.05 Å². The summed E-state index contributed by atoms with van der Waals surface area (Å²) in [5, 5.41) is 6.34. The molecule has 0 spiro atoms. The second-order valence-corrected chi connectivity index (χ2v) is 5.91. The van der Waals surface area contributed by atoms with Crippen LogP contribution in [-0.2, 0) is 0 Å². The molecule has 0 aromatic rings. The Bertz CT molecular complexity index is 338. The molecule has 0 unspecified atom stereocenters. The molecule has 1 saturated carbocycles. The fourth-order valence-corrected chi connectivity index (χ4v) is 2.57. The highest BCUT2D eigenvalue weighted by Crippen LogP contribution is 2.42. The van der Waals surface area contributed by atoms with Crippen molar-refractivity contribution in [1.82, 2.24) is 15.5 Å². The average molecular weight is 436 g/mol. The largest absolute Gasteiger partial charge is 0.401 e. The summed E-state index contributed by atoms with van der Waals surface area (Å²) < 4.78 is 36.6. The van der Waals surface area contributed by atoms with Gasteiger partial charge in [-0.2, -0.15) is 13.2 Å². The van der Waals surface area contributed by atoms with E-state index >= 15 is 0 Å².